The summed E-state index contributed by atoms with van der Waals surface area (Å²) in [4.78, 5) is 28.3. The molecule has 8 heteroatoms. The highest BCUT2D eigenvalue weighted by molar-refractivity contribution is 7.11. The normalized spacial score (nSPS) is 14.0. The molecule has 5 nitrogen and oxygen atoms in total. The predicted octanol–water partition coefficient (Wildman–Crippen LogP) is 5.46. The van der Waals surface area contributed by atoms with E-state index in [1.54, 1.807) is 55.6 Å². The van der Waals surface area contributed by atoms with Crippen LogP contribution in [0, 0.1) is 0 Å². The Labute approximate surface area is 181 Å². The molecular formula is C21H14Cl2N2O3S. The third-order valence-electron chi connectivity index (χ3n) is 4.36. The van der Waals surface area contributed by atoms with E-state index in [1.807, 2.05) is 11.4 Å². The quantitative estimate of drug-likeness (QED) is 0.530. The molecule has 29 heavy (non-hydrogen) atoms. The van der Waals surface area contributed by atoms with Crippen LogP contribution in [0.1, 0.15) is 4.88 Å². The number of benzene rings is 2. The van der Waals surface area contributed by atoms with Gasteiger partial charge in [-0.3, -0.25) is 9.59 Å². The number of hydrogen-bond acceptors (Lipinski definition) is 5. The third kappa shape index (κ3) is 3.51. The van der Waals surface area contributed by atoms with Crippen molar-refractivity contribution in [1.82, 2.24) is 0 Å². The Morgan fingerprint density at radius 3 is 2.52 bits per heavy atom. The fraction of sp³-hybridized carbons (Fsp3) is 0.0476. The summed E-state index contributed by atoms with van der Waals surface area (Å²) in [5.74, 6) is -0.350. The molecule has 146 valence electrons. The summed E-state index contributed by atoms with van der Waals surface area (Å²) in [6.07, 6.45) is 0. The van der Waals surface area contributed by atoms with Crippen molar-refractivity contribution in [1.29, 1.82) is 0 Å². The van der Waals surface area contributed by atoms with Gasteiger partial charge in [0.25, 0.3) is 11.8 Å². The number of ether oxygens (including phenoxy) is 1. The van der Waals surface area contributed by atoms with Crippen molar-refractivity contribution in [2.75, 3.05) is 17.3 Å². The van der Waals surface area contributed by atoms with Gasteiger partial charge in [-0.1, -0.05) is 41.4 Å². The standard InChI is InChI=1S/C21H14Cl2N2O3S/c1-28-13-6-2-5-12(11-13)24-19-17(16-9-4-10-29-16)20(26)25(21(19)27)15-8-3-7-14(22)18(15)23/h2-11,24H,1H3. The molecule has 0 saturated heterocycles. The number of hydrogen-bond donors (Lipinski definition) is 1. The summed E-state index contributed by atoms with van der Waals surface area (Å²) in [5.41, 5.74) is 1.31. The lowest BCUT2D eigenvalue weighted by molar-refractivity contribution is -0.120. The summed E-state index contributed by atoms with van der Waals surface area (Å²) >= 11 is 13.8. The lowest BCUT2D eigenvalue weighted by Gasteiger charge is -2.17. The number of carbonyl (C=O) groups is 2. The number of nitrogens with zero attached hydrogens (tertiary/aromatic N) is 1. The first-order valence-electron chi connectivity index (χ1n) is 8.53. The monoisotopic (exact) mass is 444 g/mol. The van der Waals surface area contributed by atoms with E-state index in [0.29, 0.717) is 16.3 Å². The average Bonchev–Trinajstić information content (AvgIpc) is 3.32. The van der Waals surface area contributed by atoms with Crippen molar-refractivity contribution < 1.29 is 14.3 Å². The van der Waals surface area contributed by atoms with Gasteiger partial charge >= 0.3 is 0 Å². The molecule has 0 fully saturated rings. The number of rotatable bonds is 5. The van der Waals surface area contributed by atoms with Gasteiger partial charge < -0.3 is 10.1 Å². The minimum atomic E-state index is -0.509. The van der Waals surface area contributed by atoms with Gasteiger partial charge in [-0.05, 0) is 35.7 Å². The van der Waals surface area contributed by atoms with Crippen molar-refractivity contribution in [3.63, 3.8) is 0 Å². The van der Waals surface area contributed by atoms with E-state index in [-0.39, 0.29) is 27.0 Å². The van der Waals surface area contributed by atoms with Crippen molar-refractivity contribution in [3.8, 4) is 5.75 Å². The second-order valence-corrected chi connectivity index (χ2v) is 7.84. The highest BCUT2D eigenvalue weighted by Gasteiger charge is 2.41. The first-order valence-corrected chi connectivity index (χ1v) is 10.2. The minimum Gasteiger partial charge on any atom is -0.497 e. The molecule has 0 radical (unpaired) electrons. The van der Waals surface area contributed by atoms with Crippen LogP contribution in [-0.4, -0.2) is 18.9 Å². The lowest BCUT2D eigenvalue weighted by Crippen LogP contribution is -2.32. The zero-order valence-electron chi connectivity index (χ0n) is 15.1. The molecule has 2 heterocycles. The first-order chi connectivity index (χ1) is 14.0. The summed E-state index contributed by atoms with van der Waals surface area (Å²) in [6, 6.07) is 15.6. The maximum atomic E-state index is 13.3. The number of anilines is 2. The van der Waals surface area contributed by atoms with Crippen LogP contribution >= 0.6 is 34.5 Å². The van der Waals surface area contributed by atoms with Gasteiger partial charge in [0.1, 0.15) is 11.4 Å². The SMILES string of the molecule is COc1cccc(NC2=C(c3cccs3)C(=O)N(c3cccc(Cl)c3Cl)C2=O)c1. The lowest BCUT2D eigenvalue weighted by atomic mass is 10.2. The third-order valence-corrected chi connectivity index (χ3v) is 6.06. The summed E-state index contributed by atoms with van der Waals surface area (Å²) in [5, 5.41) is 5.34. The van der Waals surface area contributed by atoms with Gasteiger partial charge in [0, 0.05) is 16.6 Å². The zero-order valence-corrected chi connectivity index (χ0v) is 17.4. The van der Waals surface area contributed by atoms with Gasteiger partial charge in [0.05, 0.1) is 28.4 Å². The molecule has 1 N–H and O–H groups in total. The number of amides is 2. The van der Waals surface area contributed by atoms with Crippen LogP contribution < -0.4 is 15.0 Å². The van der Waals surface area contributed by atoms with Gasteiger partial charge in [0.15, 0.2) is 0 Å². The molecule has 0 bridgehead atoms. The smallest absolute Gasteiger partial charge is 0.282 e. The minimum absolute atomic E-state index is 0.143. The Balaban J connectivity index is 1.82. The number of nitrogens with one attached hydrogen (secondary N) is 1. The summed E-state index contributed by atoms with van der Waals surface area (Å²) in [6.45, 7) is 0. The maximum absolute atomic E-state index is 13.3. The van der Waals surface area contributed by atoms with Crippen LogP contribution in [0.5, 0.6) is 5.75 Å². The van der Waals surface area contributed by atoms with Crippen LogP contribution in [0.3, 0.4) is 0 Å². The van der Waals surface area contributed by atoms with E-state index in [9.17, 15) is 9.59 Å². The van der Waals surface area contributed by atoms with E-state index in [2.05, 4.69) is 5.32 Å². The molecule has 0 atom stereocenters. The Kier molecular flexibility index (Phi) is 5.32. The second-order valence-electron chi connectivity index (χ2n) is 6.10. The average molecular weight is 445 g/mol. The Bertz CT molecular complexity index is 1140. The molecule has 2 amide bonds. The van der Waals surface area contributed by atoms with E-state index < -0.39 is 11.8 Å². The van der Waals surface area contributed by atoms with E-state index >= 15 is 0 Å². The number of methoxy groups -OCH3 is 1. The molecule has 1 aliphatic heterocycles. The van der Waals surface area contributed by atoms with Crippen molar-refractivity contribution >= 4 is 63.3 Å². The van der Waals surface area contributed by atoms with E-state index in [0.717, 1.165) is 4.90 Å². The van der Waals surface area contributed by atoms with Crippen LogP contribution in [0.25, 0.3) is 5.57 Å². The molecule has 4 rings (SSSR count). The Morgan fingerprint density at radius 2 is 1.79 bits per heavy atom. The Hall–Kier alpha value is -2.80. The maximum Gasteiger partial charge on any atom is 0.282 e. The van der Waals surface area contributed by atoms with Crippen LogP contribution in [0.4, 0.5) is 11.4 Å². The number of thiophene rings is 1. The molecule has 0 spiro atoms. The van der Waals surface area contributed by atoms with E-state index in [1.165, 1.54) is 11.3 Å². The fourth-order valence-electron chi connectivity index (χ4n) is 3.02. The number of carbonyl (C=O) groups excluding carboxylic acids is 2. The van der Waals surface area contributed by atoms with Gasteiger partial charge in [0.2, 0.25) is 0 Å². The second kappa shape index (κ2) is 7.91. The largest absolute Gasteiger partial charge is 0.497 e. The first kappa shape index (κ1) is 19.5. The van der Waals surface area contributed by atoms with Crippen LogP contribution in [-0.2, 0) is 9.59 Å². The number of imide groups is 1. The molecule has 0 unspecified atom stereocenters. The van der Waals surface area contributed by atoms with Crippen molar-refractivity contribution in [2.24, 2.45) is 0 Å². The molecule has 1 aliphatic rings. The number of halogens is 2. The fourth-order valence-corrected chi connectivity index (χ4v) is 4.17. The molecule has 2 aromatic carbocycles. The molecule has 3 aromatic rings. The van der Waals surface area contributed by atoms with Gasteiger partial charge in [-0.15, -0.1) is 11.3 Å². The topological polar surface area (TPSA) is 58.6 Å². The van der Waals surface area contributed by atoms with Gasteiger partial charge in [-0.25, -0.2) is 4.90 Å². The zero-order chi connectivity index (χ0) is 20.5. The summed E-state index contributed by atoms with van der Waals surface area (Å²) in [7, 11) is 1.56. The Morgan fingerprint density at radius 1 is 1.00 bits per heavy atom. The predicted molar refractivity (Wildman–Crippen MR) is 117 cm³/mol. The van der Waals surface area contributed by atoms with Crippen LogP contribution in [0.2, 0.25) is 10.0 Å². The summed E-state index contributed by atoms with van der Waals surface area (Å²) < 4.78 is 5.24. The van der Waals surface area contributed by atoms with Gasteiger partial charge in [-0.2, -0.15) is 0 Å². The molecule has 0 saturated carbocycles. The van der Waals surface area contributed by atoms with E-state index in [4.69, 9.17) is 27.9 Å². The van der Waals surface area contributed by atoms with Crippen molar-refractivity contribution in [2.45, 2.75) is 0 Å². The highest BCUT2D eigenvalue weighted by atomic mass is 35.5. The molecular weight excluding hydrogens is 431 g/mol. The van der Waals surface area contributed by atoms with Crippen LogP contribution in [0.15, 0.2) is 65.7 Å². The molecule has 0 aliphatic carbocycles. The highest BCUT2D eigenvalue weighted by Crippen LogP contribution is 2.40. The molecule has 1 aromatic heterocycles. The van der Waals surface area contributed by atoms with Crippen molar-refractivity contribution in [3.05, 3.63) is 80.6 Å².